The van der Waals surface area contributed by atoms with Crippen LogP contribution >= 0.6 is 0 Å². The summed E-state index contributed by atoms with van der Waals surface area (Å²) in [6.07, 6.45) is 6.47. The molecule has 4 rings (SSSR count). The number of nitrogens with one attached hydrogen (secondary N) is 1. The quantitative estimate of drug-likeness (QED) is 0.738. The van der Waals surface area contributed by atoms with E-state index in [4.69, 9.17) is 0 Å². The largest absolute Gasteiger partial charge is 0.344 e. The molecule has 0 aromatic carbocycles. The van der Waals surface area contributed by atoms with Crippen LogP contribution in [-0.2, 0) is 13.0 Å². The van der Waals surface area contributed by atoms with Crippen molar-refractivity contribution in [2.24, 2.45) is 0 Å². The van der Waals surface area contributed by atoms with E-state index in [1.165, 1.54) is 0 Å². The number of aryl methyl sites for hydroxylation is 1. The Morgan fingerprint density at radius 3 is 2.93 bits per heavy atom. The van der Waals surface area contributed by atoms with E-state index in [-0.39, 0.29) is 17.9 Å². The van der Waals surface area contributed by atoms with Crippen molar-refractivity contribution in [3.8, 4) is 5.82 Å². The number of amides is 1. The van der Waals surface area contributed by atoms with Crippen molar-refractivity contribution in [1.29, 1.82) is 0 Å². The summed E-state index contributed by atoms with van der Waals surface area (Å²) in [6, 6.07) is 7.66. The van der Waals surface area contributed by atoms with Crippen LogP contribution in [0.5, 0.6) is 0 Å². The van der Waals surface area contributed by atoms with E-state index in [9.17, 15) is 4.79 Å². The van der Waals surface area contributed by atoms with Crippen LogP contribution in [0.2, 0.25) is 0 Å². The van der Waals surface area contributed by atoms with Gasteiger partial charge in [-0.25, -0.2) is 9.67 Å². The normalized spacial score (nSPS) is 16.2. The third kappa shape index (κ3) is 3.32. The maximum Gasteiger partial charge on any atom is 0.270 e. The van der Waals surface area contributed by atoms with E-state index in [1.807, 2.05) is 42.1 Å². The number of rotatable bonds is 5. The van der Waals surface area contributed by atoms with Crippen LogP contribution in [0.4, 0.5) is 0 Å². The first-order valence-corrected chi connectivity index (χ1v) is 9.95. The predicted molar refractivity (Wildman–Crippen MR) is 106 cm³/mol. The van der Waals surface area contributed by atoms with E-state index in [0.717, 1.165) is 42.0 Å². The molecule has 0 unspecified atom stereocenters. The van der Waals surface area contributed by atoms with Crippen molar-refractivity contribution in [1.82, 2.24) is 29.9 Å². The number of carbonyl (C=O) groups is 1. The minimum Gasteiger partial charge on any atom is -0.344 e. The summed E-state index contributed by atoms with van der Waals surface area (Å²) < 4.78 is 3.67. The van der Waals surface area contributed by atoms with Gasteiger partial charge in [-0.1, -0.05) is 19.9 Å². The Hall–Kier alpha value is -2.96. The molecule has 146 valence electrons. The van der Waals surface area contributed by atoms with Gasteiger partial charge in [-0.3, -0.25) is 9.48 Å². The zero-order valence-electron chi connectivity index (χ0n) is 16.6. The highest BCUT2D eigenvalue weighted by molar-refractivity contribution is 5.93. The van der Waals surface area contributed by atoms with Crippen molar-refractivity contribution < 1.29 is 4.79 Å². The number of carbonyl (C=O) groups excluding carboxylic acids is 1. The van der Waals surface area contributed by atoms with Gasteiger partial charge in [-0.15, -0.1) is 0 Å². The lowest BCUT2D eigenvalue weighted by Gasteiger charge is -2.24. The third-order valence-electron chi connectivity index (χ3n) is 5.28. The lowest BCUT2D eigenvalue weighted by Crippen LogP contribution is -2.32. The molecule has 1 aliphatic carbocycles. The molecule has 0 fully saturated rings. The van der Waals surface area contributed by atoms with E-state index in [1.54, 1.807) is 10.9 Å². The molecule has 7 heteroatoms. The molecule has 0 aliphatic heterocycles. The Morgan fingerprint density at radius 1 is 1.36 bits per heavy atom. The number of hydrogen-bond acceptors (Lipinski definition) is 4. The summed E-state index contributed by atoms with van der Waals surface area (Å²) in [5.74, 6) is 1.02. The highest BCUT2D eigenvalue weighted by Crippen LogP contribution is 2.31. The first kappa shape index (κ1) is 18.4. The number of aromatic nitrogens is 5. The summed E-state index contributed by atoms with van der Waals surface area (Å²) in [7, 11) is 0. The summed E-state index contributed by atoms with van der Waals surface area (Å²) in [5, 5.41) is 12.3. The Morgan fingerprint density at radius 2 is 2.21 bits per heavy atom. The van der Waals surface area contributed by atoms with Gasteiger partial charge in [0.2, 0.25) is 0 Å². The molecule has 0 spiro atoms. The maximum atomic E-state index is 13.0. The van der Waals surface area contributed by atoms with Gasteiger partial charge in [0, 0.05) is 18.3 Å². The third-order valence-corrected chi connectivity index (χ3v) is 5.28. The van der Waals surface area contributed by atoms with Gasteiger partial charge in [0.05, 0.1) is 23.6 Å². The van der Waals surface area contributed by atoms with Gasteiger partial charge < -0.3 is 5.32 Å². The smallest absolute Gasteiger partial charge is 0.270 e. The Balaban J connectivity index is 1.60. The zero-order valence-corrected chi connectivity index (χ0v) is 16.6. The highest BCUT2D eigenvalue weighted by atomic mass is 16.2. The molecule has 3 heterocycles. The Bertz CT molecular complexity index is 972. The lowest BCUT2D eigenvalue weighted by molar-refractivity contribution is 0.0922. The van der Waals surface area contributed by atoms with Crippen molar-refractivity contribution in [3.05, 3.63) is 59.3 Å². The molecule has 0 saturated carbocycles. The maximum absolute atomic E-state index is 13.0. The number of hydrogen-bond donors (Lipinski definition) is 1. The van der Waals surface area contributed by atoms with Crippen LogP contribution in [-0.4, -0.2) is 30.5 Å². The second-order valence-electron chi connectivity index (χ2n) is 7.49. The fraction of sp³-hybridized carbons (Fsp3) is 0.429. The van der Waals surface area contributed by atoms with Crippen LogP contribution < -0.4 is 5.32 Å². The average Bonchev–Trinajstić information content (AvgIpc) is 3.34. The molecule has 0 bridgehead atoms. The Kier molecular flexibility index (Phi) is 4.98. The molecule has 28 heavy (non-hydrogen) atoms. The van der Waals surface area contributed by atoms with Crippen molar-refractivity contribution >= 4 is 5.91 Å². The van der Waals surface area contributed by atoms with Crippen molar-refractivity contribution in [3.63, 3.8) is 0 Å². The molecule has 7 nitrogen and oxygen atoms in total. The van der Waals surface area contributed by atoms with E-state index >= 15 is 0 Å². The van der Waals surface area contributed by atoms with Gasteiger partial charge in [-0.05, 0) is 50.3 Å². The SMILES string of the molecule is CCn1nc(C(C)C)cc1C(=O)N[C@H]1CCCc2c1cnn2-c1ccccn1. The number of pyridine rings is 1. The standard InChI is InChI=1S/C21H26N6O/c1-4-26-19(12-17(25-26)14(2)3)21(28)24-16-8-7-9-18-15(16)13-23-27(18)20-10-5-6-11-22-20/h5-6,10-14,16H,4,7-9H2,1-3H3,(H,24,28)/t16-/m0/s1. The van der Waals surface area contributed by atoms with Crippen LogP contribution in [0, 0.1) is 0 Å². The molecule has 1 amide bonds. The molecule has 0 radical (unpaired) electrons. The molecule has 0 saturated heterocycles. The van der Waals surface area contributed by atoms with Crippen LogP contribution in [0.1, 0.15) is 73.0 Å². The minimum atomic E-state index is -0.0790. The molecular weight excluding hydrogens is 352 g/mol. The van der Waals surface area contributed by atoms with Crippen molar-refractivity contribution in [2.45, 2.75) is 58.5 Å². The zero-order chi connectivity index (χ0) is 19.7. The summed E-state index contributed by atoms with van der Waals surface area (Å²) in [6.45, 7) is 6.85. The monoisotopic (exact) mass is 378 g/mol. The number of nitrogens with zero attached hydrogens (tertiary/aromatic N) is 5. The van der Waals surface area contributed by atoms with Gasteiger partial charge in [0.15, 0.2) is 5.82 Å². The number of fused-ring (bicyclic) bond motifs is 1. The van der Waals surface area contributed by atoms with Gasteiger partial charge in [0.1, 0.15) is 5.69 Å². The van der Waals surface area contributed by atoms with E-state index < -0.39 is 0 Å². The molecular formula is C21H26N6O. The second-order valence-corrected chi connectivity index (χ2v) is 7.49. The van der Waals surface area contributed by atoms with Gasteiger partial charge >= 0.3 is 0 Å². The summed E-state index contributed by atoms with van der Waals surface area (Å²) in [4.78, 5) is 17.4. The average molecular weight is 378 g/mol. The molecule has 3 aromatic rings. The summed E-state index contributed by atoms with van der Waals surface area (Å²) >= 11 is 0. The van der Waals surface area contributed by atoms with Crippen LogP contribution in [0.15, 0.2) is 36.7 Å². The molecule has 1 atom stereocenters. The summed E-state index contributed by atoms with van der Waals surface area (Å²) in [5.41, 5.74) is 3.77. The first-order chi connectivity index (χ1) is 13.6. The molecule has 3 aromatic heterocycles. The van der Waals surface area contributed by atoms with Crippen LogP contribution in [0.25, 0.3) is 5.82 Å². The fourth-order valence-electron chi connectivity index (χ4n) is 3.76. The predicted octanol–water partition coefficient (Wildman–Crippen LogP) is 3.41. The highest BCUT2D eigenvalue weighted by Gasteiger charge is 2.27. The van der Waals surface area contributed by atoms with E-state index in [2.05, 4.69) is 34.3 Å². The van der Waals surface area contributed by atoms with Gasteiger partial charge in [-0.2, -0.15) is 10.2 Å². The van der Waals surface area contributed by atoms with Crippen LogP contribution in [0.3, 0.4) is 0 Å². The molecule has 1 aliphatic rings. The molecule has 1 N–H and O–H groups in total. The van der Waals surface area contributed by atoms with Crippen molar-refractivity contribution in [2.75, 3.05) is 0 Å². The topological polar surface area (TPSA) is 77.6 Å². The lowest BCUT2D eigenvalue weighted by atomic mass is 9.93. The fourth-order valence-corrected chi connectivity index (χ4v) is 3.76. The van der Waals surface area contributed by atoms with Gasteiger partial charge in [0.25, 0.3) is 5.91 Å². The first-order valence-electron chi connectivity index (χ1n) is 9.95. The second kappa shape index (κ2) is 7.58. The Labute approximate surface area is 164 Å². The minimum absolute atomic E-state index is 0.0450. The van der Waals surface area contributed by atoms with E-state index in [0.29, 0.717) is 12.2 Å².